The number of hydrogen-bond acceptors (Lipinski definition) is 9. The molecule has 3 N–H and O–H groups in total. The third kappa shape index (κ3) is 6.76. The fourth-order valence-corrected chi connectivity index (χ4v) is 6.81. The van der Waals surface area contributed by atoms with Crippen molar-refractivity contribution in [2.75, 3.05) is 0 Å². The van der Waals surface area contributed by atoms with Crippen molar-refractivity contribution in [1.29, 1.82) is 0 Å². The second-order valence-electron chi connectivity index (χ2n) is 12.5. The molecule has 7 atom stereocenters. The zero-order valence-electron chi connectivity index (χ0n) is 24.4. The Kier molecular flexibility index (Phi) is 9.72. The first-order chi connectivity index (χ1) is 18.9. The molecule has 2 saturated heterocycles. The molecule has 2 aromatic rings. The quantitative estimate of drug-likeness (QED) is 0.326. The highest BCUT2D eigenvalue weighted by atomic mass is 32.1. The number of hydrogen-bond donors (Lipinski definition) is 3. The predicted octanol–water partition coefficient (Wildman–Crippen LogP) is 5.25. The van der Waals surface area contributed by atoms with Gasteiger partial charge in [-0.1, -0.05) is 53.0 Å². The lowest BCUT2D eigenvalue weighted by Crippen LogP contribution is -2.46. The number of epoxide rings is 1. The van der Waals surface area contributed by atoms with Crippen molar-refractivity contribution < 1.29 is 34.4 Å². The van der Waals surface area contributed by atoms with Crippen LogP contribution in [0.4, 0.5) is 0 Å². The number of aliphatic hydroxyl groups excluding tert-OH is 3. The van der Waals surface area contributed by atoms with Gasteiger partial charge in [0.2, 0.25) is 0 Å². The Morgan fingerprint density at radius 3 is 2.62 bits per heavy atom. The van der Waals surface area contributed by atoms with Crippen LogP contribution in [0.1, 0.15) is 103 Å². The maximum absolute atomic E-state index is 13.8. The predicted molar refractivity (Wildman–Crippen MR) is 154 cm³/mol. The van der Waals surface area contributed by atoms with Crippen molar-refractivity contribution >= 4 is 33.3 Å². The van der Waals surface area contributed by atoms with Gasteiger partial charge < -0.3 is 24.8 Å². The Hall–Kier alpha value is -1.91. The zero-order chi connectivity index (χ0) is 29.2. The van der Waals surface area contributed by atoms with E-state index in [1.165, 1.54) is 11.3 Å². The van der Waals surface area contributed by atoms with Crippen molar-refractivity contribution in [3.8, 4) is 0 Å². The number of carbonyl (C=O) groups excluding carboxylic acids is 2. The highest BCUT2D eigenvalue weighted by Crippen LogP contribution is 2.47. The monoisotopic (exact) mass is 575 g/mol. The van der Waals surface area contributed by atoms with Crippen LogP contribution in [-0.4, -0.2) is 56.0 Å². The van der Waals surface area contributed by atoms with Gasteiger partial charge in [-0.3, -0.25) is 9.59 Å². The molecule has 1 aromatic carbocycles. The van der Waals surface area contributed by atoms with E-state index in [0.29, 0.717) is 17.8 Å². The lowest BCUT2D eigenvalue weighted by Gasteiger charge is -2.36. The third-order valence-corrected chi connectivity index (χ3v) is 10.1. The van der Waals surface area contributed by atoms with Gasteiger partial charge in [-0.2, -0.15) is 0 Å². The normalized spacial score (nSPS) is 33.9. The number of unbranched alkanes of at least 4 members (excludes halogenated alkanes) is 1. The SMILES string of the molecule is CCCC[C@H]1C(=O)C(C)(C)[C@@H](O)CC(=O)O[C@H](c2ccc3sc(CO)nc3c2)C[C@@H]2O[C@]2(C)CCC[C@H](C)[C@@H]1O. The van der Waals surface area contributed by atoms with Crippen LogP contribution in [0.2, 0.25) is 0 Å². The first kappa shape index (κ1) is 31.0. The maximum Gasteiger partial charge on any atom is 0.309 e. The van der Waals surface area contributed by atoms with E-state index in [2.05, 4.69) is 11.9 Å². The number of benzene rings is 1. The largest absolute Gasteiger partial charge is 0.457 e. The molecule has 0 spiro atoms. The molecule has 0 bridgehead atoms. The molecule has 2 fully saturated rings. The number of Topliss-reactive ketones (excluding diaryl/α,β-unsaturated/α-hetero) is 1. The van der Waals surface area contributed by atoms with Crippen molar-refractivity contribution in [3.05, 3.63) is 28.8 Å². The molecule has 0 saturated carbocycles. The summed E-state index contributed by atoms with van der Waals surface area (Å²) in [5.41, 5.74) is -0.0779. The van der Waals surface area contributed by atoms with Gasteiger partial charge in [0.05, 0.1) is 52.6 Å². The smallest absolute Gasteiger partial charge is 0.309 e. The fourth-order valence-electron chi connectivity index (χ4n) is 6.00. The minimum absolute atomic E-state index is 0.0844. The zero-order valence-corrected chi connectivity index (χ0v) is 25.2. The fraction of sp³-hybridized carbons (Fsp3) is 0.710. The number of ether oxygens (including phenoxy) is 2. The van der Waals surface area contributed by atoms with E-state index in [9.17, 15) is 24.9 Å². The Balaban J connectivity index is 1.62. The number of thiazole rings is 1. The molecule has 4 rings (SSSR count). The second-order valence-corrected chi connectivity index (χ2v) is 13.7. The van der Waals surface area contributed by atoms with Crippen LogP contribution in [0.15, 0.2) is 18.2 Å². The number of fused-ring (bicyclic) bond motifs is 2. The molecule has 3 heterocycles. The van der Waals surface area contributed by atoms with Gasteiger partial charge >= 0.3 is 5.97 Å². The van der Waals surface area contributed by atoms with Crippen LogP contribution in [0.5, 0.6) is 0 Å². The van der Waals surface area contributed by atoms with E-state index in [1.54, 1.807) is 13.8 Å². The van der Waals surface area contributed by atoms with Crippen molar-refractivity contribution in [2.24, 2.45) is 17.3 Å². The van der Waals surface area contributed by atoms with Crippen molar-refractivity contribution in [2.45, 2.75) is 123 Å². The van der Waals surface area contributed by atoms with Crippen LogP contribution >= 0.6 is 11.3 Å². The molecule has 0 unspecified atom stereocenters. The number of esters is 1. The molecular formula is C31H45NO7S. The van der Waals surface area contributed by atoms with E-state index in [4.69, 9.17) is 9.47 Å². The lowest BCUT2D eigenvalue weighted by atomic mass is 9.71. The minimum atomic E-state index is -1.26. The van der Waals surface area contributed by atoms with Gasteiger partial charge in [-0.05, 0) is 49.8 Å². The summed E-state index contributed by atoms with van der Waals surface area (Å²) >= 11 is 1.42. The molecule has 1 aromatic heterocycles. The van der Waals surface area contributed by atoms with Gasteiger partial charge in [0.25, 0.3) is 0 Å². The van der Waals surface area contributed by atoms with Gasteiger partial charge in [-0.25, -0.2) is 4.98 Å². The Morgan fingerprint density at radius 1 is 1.18 bits per heavy atom. The summed E-state index contributed by atoms with van der Waals surface area (Å²) in [4.78, 5) is 31.5. The van der Waals surface area contributed by atoms with E-state index >= 15 is 0 Å². The standard InChI is InChI=1S/C31H45NO7S/c1-6-7-10-20-28(36)18(2)9-8-13-31(5)25(39-31)15-22(38-27(35)16-24(34)30(3,4)29(20)37)19-11-12-23-21(14-19)32-26(17-33)40-23/h11-12,14,18,20,22,24-25,28,33-34,36H,6-10,13,15-17H2,1-5H3/t18-,20+,22-,24-,25-,28-,31+/m0/s1. The molecule has 0 aliphatic carbocycles. The summed E-state index contributed by atoms with van der Waals surface area (Å²) in [6.07, 6.45) is 1.98. The molecule has 40 heavy (non-hydrogen) atoms. The number of aromatic nitrogens is 1. The summed E-state index contributed by atoms with van der Waals surface area (Å²) in [6, 6.07) is 5.70. The second kappa shape index (κ2) is 12.5. The lowest BCUT2D eigenvalue weighted by molar-refractivity contribution is -0.156. The van der Waals surface area contributed by atoms with Gasteiger partial charge in [-0.15, -0.1) is 11.3 Å². The summed E-state index contributed by atoms with van der Waals surface area (Å²) < 4.78 is 13.0. The molecule has 9 heteroatoms. The van der Waals surface area contributed by atoms with Gasteiger partial charge in [0.15, 0.2) is 0 Å². The number of aliphatic hydroxyl groups is 3. The Labute approximate surface area is 241 Å². The molecule has 0 amide bonds. The summed E-state index contributed by atoms with van der Waals surface area (Å²) in [7, 11) is 0. The third-order valence-electron chi connectivity index (χ3n) is 9.06. The van der Waals surface area contributed by atoms with Gasteiger partial charge in [0.1, 0.15) is 16.9 Å². The van der Waals surface area contributed by atoms with E-state index in [1.807, 2.05) is 32.0 Å². The first-order valence-corrected chi connectivity index (χ1v) is 15.5. The highest BCUT2D eigenvalue weighted by Gasteiger charge is 2.53. The maximum atomic E-state index is 13.8. The van der Waals surface area contributed by atoms with Crippen LogP contribution in [0.25, 0.3) is 10.2 Å². The summed E-state index contributed by atoms with van der Waals surface area (Å²) in [5, 5.41) is 32.5. The highest BCUT2D eigenvalue weighted by molar-refractivity contribution is 7.18. The molecule has 8 nitrogen and oxygen atoms in total. The van der Waals surface area contributed by atoms with Gasteiger partial charge in [0, 0.05) is 12.3 Å². The van der Waals surface area contributed by atoms with Crippen LogP contribution in [0, 0.1) is 17.3 Å². The molecule has 0 radical (unpaired) electrons. The molecular weight excluding hydrogens is 530 g/mol. The van der Waals surface area contributed by atoms with E-state index < -0.39 is 35.6 Å². The van der Waals surface area contributed by atoms with E-state index in [-0.39, 0.29) is 36.4 Å². The average molecular weight is 576 g/mol. The van der Waals surface area contributed by atoms with Crippen LogP contribution in [-0.2, 0) is 25.7 Å². The number of carbonyl (C=O) groups is 2. The van der Waals surface area contributed by atoms with Crippen molar-refractivity contribution in [1.82, 2.24) is 4.98 Å². The van der Waals surface area contributed by atoms with E-state index in [0.717, 1.165) is 47.9 Å². The number of rotatable bonds is 5. The summed E-state index contributed by atoms with van der Waals surface area (Å²) in [6.45, 7) is 9.28. The van der Waals surface area contributed by atoms with Crippen LogP contribution < -0.4 is 0 Å². The first-order valence-electron chi connectivity index (χ1n) is 14.7. The minimum Gasteiger partial charge on any atom is -0.457 e. The Bertz CT molecular complexity index is 1200. The Morgan fingerprint density at radius 2 is 1.93 bits per heavy atom. The molecule has 2 aliphatic heterocycles. The number of cyclic esters (lactones) is 1. The topological polar surface area (TPSA) is 129 Å². The molecule has 2 aliphatic rings. The van der Waals surface area contributed by atoms with Crippen molar-refractivity contribution in [3.63, 3.8) is 0 Å². The number of nitrogens with zero attached hydrogens (tertiary/aromatic N) is 1. The average Bonchev–Trinajstić information content (AvgIpc) is 3.35. The van der Waals surface area contributed by atoms with Crippen LogP contribution in [0.3, 0.4) is 0 Å². The molecule has 222 valence electrons. The summed E-state index contributed by atoms with van der Waals surface area (Å²) in [5.74, 6) is -1.50. The number of ketones is 1.